The molecule has 4 heterocycles. The largest absolute Gasteiger partial charge is 0.489 e. The van der Waals surface area contributed by atoms with Gasteiger partial charge in [-0.25, -0.2) is 4.79 Å². The molecule has 0 aliphatic carbocycles. The second-order valence-corrected chi connectivity index (χ2v) is 9.05. The van der Waals surface area contributed by atoms with Crippen molar-refractivity contribution in [1.82, 2.24) is 10.2 Å². The highest BCUT2D eigenvalue weighted by Crippen LogP contribution is 2.39. The molecule has 2 amide bonds. The lowest BCUT2D eigenvalue weighted by Gasteiger charge is -2.32. The van der Waals surface area contributed by atoms with Crippen LogP contribution >= 0.6 is 22.9 Å². The number of thiophene rings is 1. The Morgan fingerprint density at radius 2 is 2.23 bits per heavy atom. The lowest BCUT2D eigenvalue weighted by atomic mass is 10.1. The third-order valence-electron chi connectivity index (χ3n) is 5.39. The molecule has 1 aromatic heterocycles. The molecule has 3 aliphatic heterocycles. The van der Waals surface area contributed by atoms with Gasteiger partial charge in [-0.1, -0.05) is 16.8 Å². The van der Waals surface area contributed by atoms with E-state index in [0.29, 0.717) is 33.1 Å². The summed E-state index contributed by atoms with van der Waals surface area (Å²) in [6.45, 7) is 1.71. The van der Waals surface area contributed by atoms with Gasteiger partial charge in [-0.2, -0.15) is 0 Å². The summed E-state index contributed by atoms with van der Waals surface area (Å²) in [6.07, 6.45) is -0.988. The number of ether oxygens (including phenoxy) is 2. The molecule has 5 rings (SSSR count). The molecule has 0 radical (unpaired) electrons. The van der Waals surface area contributed by atoms with E-state index in [-0.39, 0.29) is 25.1 Å². The highest BCUT2D eigenvalue weighted by Gasteiger charge is 2.46. The van der Waals surface area contributed by atoms with Crippen LogP contribution in [0.1, 0.15) is 15.2 Å². The van der Waals surface area contributed by atoms with Crippen LogP contribution < -0.4 is 15.0 Å². The average molecular weight is 463 g/mol. The van der Waals surface area contributed by atoms with Crippen molar-refractivity contribution in [3.63, 3.8) is 0 Å². The molecular formula is C20H19ClN4O5S. The highest BCUT2D eigenvalue weighted by atomic mass is 35.5. The maximum Gasteiger partial charge on any atom is 0.415 e. The lowest BCUT2D eigenvalue weighted by molar-refractivity contribution is 0.0890. The summed E-state index contributed by atoms with van der Waals surface area (Å²) in [7, 11) is 1.94. The standard InChI is InChI=1S/C20H19ClN4O5S/c1-24-6-7-29-23-18(24)11-2-3-12-14(8-11)28-10-13-15(30-20(27)25(12)13)9-22-19(26)16-4-5-17(21)31-16/h2-5,8,13,15H,6-7,9-10H2,1H3,(H,22,26)/t13-,15-/m0/s1. The fraction of sp³-hybridized carbons (Fsp3) is 0.350. The zero-order valence-corrected chi connectivity index (χ0v) is 18.1. The van der Waals surface area contributed by atoms with E-state index in [4.69, 9.17) is 25.9 Å². The quantitative estimate of drug-likeness (QED) is 0.750. The zero-order chi connectivity index (χ0) is 21.5. The minimum Gasteiger partial charge on any atom is -0.489 e. The number of hydrogen-bond donors (Lipinski definition) is 1. The normalized spacial score (nSPS) is 22.0. The monoisotopic (exact) mass is 462 g/mol. The fourth-order valence-corrected chi connectivity index (χ4v) is 4.76. The third kappa shape index (κ3) is 3.66. The smallest absolute Gasteiger partial charge is 0.415 e. The minimum atomic E-state index is -0.526. The number of fused-ring (bicyclic) bond motifs is 3. The van der Waals surface area contributed by atoms with Gasteiger partial charge in [0.15, 0.2) is 5.84 Å². The molecular weight excluding hydrogens is 444 g/mol. The van der Waals surface area contributed by atoms with E-state index < -0.39 is 12.2 Å². The van der Waals surface area contributed by atoms with Crippen molar-refractivity contribution in [2.75, 3.05) is 38.3 Å². The average Bonchev–Trinajstić information content (AvgIpc) is 3.35. The number of nitrogens with zero attached hydrogens (tertiary/aromatic N) is 3. The first kappa shape index (κ1) is 20.0. The first-order valence-electron chi connectivity index (χ1n) is 9.73. The molecule has 11 heteroatoms. The minimum absolute atomic E-state index is 0.178. The van der Waals surface area contributed by atoms with Gasteiger partial charge in [0.2, 0.25) is 0 Å². The Hall–Kier alpha value is -2.98. The van der Waals surface area contributed by atoms with Crippen molar-refractivity contribution >= 4 is 46.5 Å². The number of cyclic esters (lactones) is 1. The summed E-state index contributed by atoms with van der Waals surface area (Å²) in [5.74, 6) is 1.02. The van der Waals surface area contributed by atoms with Crippen LogP contribution in [-0.4, -0.2) is 68.2 Å². The van der Waals surface area contributed by atoms with Gasteiger partial charge in [-0.3, -0.25) is 9.69 Å². The summed E-state index contributed by atoms with van der Waals surface area (Å²) in [5.41, 5.74) is 1.47. The van der Waals surface area contributed by atoms with Gasteiger partial charge in [-0.15, -0.1) is 11.3 Å². The van der Waals surface area contributed by atoms with E-state index >= 15 is 0 Å². The summed E-state index contributed by atoms with van der Waals surface area (Å²) in [6, 6.07) is 8.53. The summed E-state index contributed by atoms with van der Waals surface area (Å²) < 4.78 is 12.0. The second kappa shape index (κ2) is 7.93. The number of benzene rings is 1. The number of anilines is 1. The van der Waals surface area contributed by atoms with Crippen LogP contribution in [0.4, 0.5) is 10.5 Å². The molecule has 162 valence electrons. The van der Waals surface area contributed by atoms with Gasteiger partial charge in [0.1, 0.15) is 31.1 Å². The first-order valence-corrected chi connectivity index (χ1v) is 10.9. The third-order valence-corrected chi connectivity index (χ3v) is 6.62. The Morgan fingerprint density at radius 1 is 1.35 bits per heavy atom. The molecule has 1 saturated heterocycles. The molecule has 0 bridgehead atoms. The first-order chi connectivity index (χ1) is 15.0. The van der Waals surface area contributed by atoms with Crippen molar-refractivity contribution in [2.45, 2.75) is 12.1 Å². The molecule has 2 atom stereocenters. The van der Waals surface area contributed by atoms with Crippen LogP contribution in [0.3, 0.4) is 0 Å². The van der Waals surface area contributed by atoms with Crippen molar-refractivity contribution < 1.29 is 23.9 Å². The van der Waals surface area contributed by atoms with Gasteiger partial charge >= 0.3 is 6.09 Å². The summed E-state index contributed by atoms with van der Waals surface area (Å²) >= 11 is 7.08. The van der Waals surface area contributed by atoms with Crippen LogP contribution in [0.2, 0.25) is 4.34 Å². The van der Waals surface area contributed by atoms with Crippen LogP contribution in [0.25, 0.3) is 0 Å². The molecule has 1 N–H and O–H groups in total. The Balaban J connectivity index is 1.31. The Labute approximate surface area is 187 Å². The Bertz CT molecular complexity index is 1070. The van der Waals surface area contributed by atoms with E-state index in [2.05, 4.69) is 10.5 Å². The zero-order valence-electron chi connectivity index (χ0n) is 16.5. The Kier molecular flexibility index (Phi) is 5.11. The molecule has 0 saturated carbocycles. The Morgan fingerprint density at radius 3 is 3.00 bits per heavy atom. The van der Waals surface area contributed by atoms with Crippen molar-refractivity contribution in [3.8, 4) is 5.75 Å². The fourth-order valence-electron chi connectivity index (χ4n) is 3.80. The number of hydrogen-bond acceptors (Lipinski definition) is 8. The maximum absolute atomic E-state index is 12.6. The molecule has 0 spiro atoms. The number of amidine groups is 1. The van der Waals surface area contributed by atoms with Crippen LogP contribution in [0, 0.1) is 0 Å². The topological polar surface area (TPSA) is 92.7 Å². The van der Waals surface area contributed by atoms with Gasteiger partial charge in [0.25, 0.3) is 5.91 Å². The number of carbonyl (C=O) groups excluding carboxylic acids is 2. The van der Waals surface area contributed by atoms with Crippen molar-refractivity contribution in [1.29, 1.82) is 0 Å². The van der Waals surface area contributed by atoms with Gasteiger partial charge in [-0.05, 0) is 30.3 Å². The SMILES string of the molecule is CN1CCON=C1c1ccc2c(c1)OC[C@H]1[C@H](CNC(=O)c3ccc(Cl)s3)OC(=O)N21. The lowest BCUT2D eigenvalue weighted by Crippen LogP contribution is -2.47. The number of rotatable bonds is 4. The van der Waals surface area contributed by atoms with Crippen LogP contribution in [-0.2, 0) is 9.57 Å². The summed E-state index contributed by atoms with van der Waals surface area (Å²) in [5, 5.41) is 6.93. The maximum atomic E-state index is 12.6. The molecule has 3 aliphatic rings. The molecule has 1 aromatic carbocycles. The predicted molar refractivity (Wildman–Crippen MR) is 115 cm³/mol. The van der Waals surface area contributed by atoms with E-state index in [1.165, 1.54) is 11.3 Å². The summed E-state index contributed by atoms with van der Waals surface area (Å²) in [4.78, 5) is 34.2. The molecule has 31 heavy (non-hydrogen) atoms. The molecule has 0 unspecified atom stereocenters. The van der Waals surface area contributed by atoms with Crippen molar-refractivity contribution in [3.05, 3.63) is 45.1 Å². The van der Waals surface area contributed by atoms with Crippen LogP contribution in [0.15, 0.2) is 35.5 Å². The molecule has 2 aromatic rings. The molecule has 1 fully saturated rings. The van der Waals surface area contributed by atoms with Crippen molar-refractivity contribution in [2.24, 2.45) is 5.16 Å². The number of amides is 2. The van der Waals surface area contributed by atoms with Gasteiger partial charge in [0, 0.05) is 12.6 Å². The number of nitrogens with one attached hydrogen (secondary N) is 1. The second-order valence-electron chi connectivity index (χ2n) is 7.34. The van der Waals surface area contributed by atoms with E-state index in [9.17, 15) is 9.59 Å². The van der Waals surface area contributed by atoms with Gasteiger partial charge in [0.05, 0.1) is 28.0 Å². The number of oxime groups is 1. The number of likely N-dealkylation sites (N-methyl/N-ethyl adjacent to an activating group) is 1. The van der Waals surface area contributed by atoms with E-state index in [1.807, 2.05) is 30.1 Å². The van der Waals surface area contributed by atoms with E-state index in [1.54, 1.807) is 17.0 Å². The van der Waals surface area contributed by atoms with Crippen LogP contribution in [0.5, 0.6) is 5.75 Å². The number of halogens is 1. The molecule has 9 nitrogen and oxygen atoms in total. The number of carbonyl (C=O) groups is 2. The predicted octanol–water partition coefficient (Wildman–Crippen LogP) is 2.54. The van der Waals surface area contributed by atoms with Gasteiger partial charge < -0.3 is 24.5 Å². The highest BCUT2D eigenvalue weighted by molar-refractivity contribution is 7.18. The van der Waals surface area contributed by atoms with E-state index in [0.717, 1.165) is 12.1 Å².